The van der Waals surface area contributed by atoms with Gasteiger partial charge in [-0.15, -0.1) is 0 Å². The molecule has 168 valence electrons. The van der Waals surface area contributed by atoms with Crippen LogP contribution in [0.15, 0.2) is 48.8 Å². The fraction of sp³-hybridized carbons (Fsp3) is 0.375. The van der Waals surface area contributed by atoms with Crippen LogP contribution in [-0.4, -0.2) is 54.0 Å². The van der Waals surface area contributed by atoms with Gasteiger partial charge in [-0.25, -0.2) is 9.97 Å². The van der Waals surface area contributed by atoms with Gasteiger partial charge in [0.1, 0.15) is 17.3 Å². The molecule has 0 bridgehead atoms. The van der Waals surface area contributed by atoms with E-state index in [1.165, 1.54) is 0 Å². The highest BCUT2D eigenvalue weighted by atomic mass is 16.5. The highest BCUT2D eigenvalue weighted by Crippen LogP contribution is 2.31. The molecule has 3 aromatic rings. The predicted octanol–water partition coefficient (Wildman–Crippen LogP) is 4.30. The second-order valence-corrected chi connectivity index (χ2v) is 7.77. The largest absolute Gasteiger partial charge is 0.494 e. The van der Waals surface area contributed by atoms with Crippen molar-refractivity contribution in [3.8, 4) is 22.8 Å². The third-order valence-corrected chi connectivity index (χ3v) is 5.15. The fourth-order valence-electron chi connectivity index (χ4n) is 3.82. The molecule has 2 aromatic heterocycles. The Bertz CT molecular complexity index is 1030. The molecule has 32 heavy (non-hydrogen) atoms. The van der Waals surface area contributed by atoms with E-state index in [9.17, 15) is 0 Å². The van der Waals surface area contributed by atoms with Gasteiger partial charge in [0, 0.05) is 31.0 Å². The van der Waals surface area contributed by atoms with Crippen LogP contribution < -0.4 is 19.7 Å². The van der Waals surface area contributed by atoms with Crippen molar-refractivity contribution < 1.29 is 14.2 Å². The molecule has 8 heteroatoms. The van der Waals surface area contributed by atoms with Gasteiger partial charge in [0.25, 0.3) is 0 Å². The first kappa shape index (κ1) is 21.8. The van der Waals surface area contributed by atoms with Crippen LogP contribution >= 0.6 is 0 Å². The van der Waals surface area contributed by atoms with E-state index in [4.69, 9.17) is 19.2 Å². The Kier molecular flexibility index (Phi) is 6.70. The van der Waals surface area contributed by atoms with Gasteiger partial charge in [0.05, 0.1) is 25.9 Å². The van der Waals surface area contributed by atoms with E-state index in [-0.39, 0.29) is 12.2 Å². The number of aromatic nitrogens is 3. The third-order valence-electron chi connectivity index (χ3n) is 5.15. The summed E-state index contributed by atoms with van der Waals surface area (Å²) in [5.74, 6) is 2.68. The molecule has 1 aliphatic rings. The average Bonchev–Trinajstić information content (AvgIpc) is 2.79. The number of hydrogen-bond donors (Lipinski definition) is 1. The van der Waals surface area contributed by atoms with Crippen LogP contribution in [0.2, 0.25) is 0 Å². The summed E-state index contributed by atoms with van der Waals surface area (Å²) in [6, 6.07) is 11.8. The average molecular weight is 436 g/mol. The Labute approximate surface area is 188 Å². The molecule has 1 aliphatic heterocycles. The minimum Gasteiger partial charge on any atom is -0.494 e. The van der Waals surface area contributed by atoms with Gasteiger partial charge >= 0.3 is 0 Å². The van der Waals surface area contributed by atoms with Crippen molar-refractivity contribution in [2.75, 3.05) is 37.0 Å². The summed E-state index contributed by atoms with van der Waals surface area (Å²) in [6.45, 7) is 8.25. The summed E-state index contributed by atoms with van der Waals surface area (Å²) in [6.07, 6.45) is 3.82. The second kappa shape index (κ2) is 9.82. The first-order valence-electron chi connectivity index (χ1n) is 10.8. The number of anilines is 3. The van der Waals surface area contributed by atoms with Crippen molar-refractivity contribution in [2.45, 2.75) is 33.0 Å². The van der Waals surface area contributed by atoms with Crippen LogP contribution in [0.1, 0.15) is 20.8 Å². The van der Waals surface area contributed by atoms with Crippen molar-refractivity contribution in [3.05, 3.63) is 48.8 Å². The lowest BCUT2D eigenvalue weighted by atomic mass is 10.1. The van der Waals surface area contributed by atoms with E-state index in [1.807, 2.05) is 43.3 Å². The lowest BCUT2D eigenvalue weighted by Crippen LogP contribution is -2.46. The lowest BCUT2D eigenvalue weighted by molar-refractivity contribution is -0.00571. The maximum absolute atomic E-state index is 5.82. The lowest BCUT2D eigenvalue weighted by Gasteiger charge is -2.35. The number of nitrogens with one attached hydrogen (secondary N) is 1. The SMILES string of the molecule is CCOc1ccc(-c2cnc(OC)c(Nc3ccnc(N4C[C@@H](C)O[C@@H](C)C4)n3)c2)cc1. The van der Waals surface area contributed by atoms with E-state index in [1.54, 1.807) is 19.5 Å². The van der Waals surface area contributed by atoms with Crippen LogP contribution in [0, 0.1) is 0 Å². The number of ether oxygens (including phenoxy) is 3. The highest BCUT2D eigenvalue weighted by molar-refractivity contribution is 5.72. The summed E-state index contributed by atoms with van der Waals surface area (Å²) in [5.41, 5.74) is 2.72. The van der Waals surface area contributed by atoms with E-state index in [0.717, 1.165) is 35.7 Å². The van der Waals surface area contributed by atoms with E-state index < -0.39 is 0 Å². The molecule has 1 saturated heterocycles. The van der Waals surface area contributed by atoms with Crippen molar-refractivity contribution in [1.82, 2.24) is 15.0 Å². The minimum atomic E-state index is 0.133. The van der Waals surface area contributed by atoms with Crippen molar-refractivity contribution in [2.24, 2.45) is 0 Å². The first-order valence-corrected chi connectivity index (χ1v) is 10.8. The van der Waals surface area contributed by atoms with Gasteiger partial charge in [0.2, 0.25) is 11.8 Å². The predicted molar refractivity (Wildman–Crippen MR) is 125 cm³/mol. The number of pyridine rings is 1. The third kappa shape index (κ3) is 5.08. The van der Waals surface area contributed by atoms with E-state index >= 15 is 0 Å². The Morgan fingerprint density at radius 3 is 2.50 bits per heavy atom. The Hall–Kier alpha value is -3.39. The minimum absolute atomic E-state index is 0.133. The molecule has 4 rings (SSSR count). The molecule has 0 radical (unpaired) electrons. The summed E-state index contributed by atoms with van der Waals surface area (Å²) >= 11 is 0. The quantitative estimate of drug-likeness (QED) is 0.588. The van der Waals surface area contributed by atoms with Crippen LogP contribution in [0.25, 0.3) is 11.1 Å². The molecule has 8 nitrogen and oxygen atoms in total. The number of benzene rings is 1. The molecule has 0 aliphatic carbocycles. The molecule has 2 atom stereocenters. The van der Waals surface area contributed by atoms with Gasteiger partial charge in [-0.05, 0) is 50.6 Å². The Balaban J connectivity index is 1.58. The molecular weight excluding hydrogens is 406 g/mol. The standard InChI is InChI=1S/C24H29N5O3/c1-5-31-20-8-6-18(7-9-20)19-12-21(23(30-4)26-13-19)27-22-10-11-25-24(28-22)29-14-16(2)32-17(3)15-29/h6-13,16-17H,5,14-15H2,1-4H3,(H,25,27,28)/t16-,17+. The van der Waals surface area contributed by atoms with Crippen LogP contribution in [-0.2, 0) is 4.74 Å². The zero-order chi connectivity index (χ0) is 22.5. The van der Waals surface area contributed by atoms with Crippen LogP contribution in [0.5, 0.6) is 11.6 Å². The van der Waals surface area contributed by atoms with Gasteiger partial charge in [-0.3, -0.25) is 0 Å². The van der Waals surface area contributed by atoms with E-state index in [0.29, 0.717) is 24.3 Å². The molecule has 1 aromatic carbocycles. The molecule has 0 unspecified atom stereocenters. The molecular formula is C24H29N5O3. The molecule has 0 saturated carbocycles. The van der Waals surface area contributed by atoms with Crippen molar-refractivity contribution >= 4 is 17.5 Å². The van der Waals surface area contributed by atoms with Gasteiger partial charge in [-0.1, -0.05) is 12.1 Å². The maximum atomic E-state index is 5.82. The molecule has 3 heterocycles. The zero-order valence-electron chi connectivity index (χ0n) is 18.9. The van der Waals surface area contributed by atoms with E-state index in [2.05, 4.69) is 34.0 Å². The van der Waals surface area contributed by atoms with Gasteiger partial charge in [-0.2, -0.15) is 4.98 Å². The number of hydrogen-bond acceptors (Lipinski definition) is 8. The van der Waals surface area contributed by atoms with Crippen LogP contribution in [0.3, 0.4) is 0 Å². The number of rotatable bonds is 7. The summed E-state index contributed by atoms with van der Waals surface area (Å²) in [4.78, 5) is 15.8. The Morgan fingerprint density at radius 1 is 1.06 bits per heavy atom. The number of methoxy groups -OCH3 is 1. The Morgan fingerprint density at radius 2 is 1.81 bits per heavy atom. The molecule has 0 amide bonds. The van der Waals surface area contributed by atoms with Gasteiger partial charge in [0.15, 0.2) is 0 Å². The van der Waals surface area contributed by atoms with Gasteiger partial charge < -0.3 is 24.4 Å². The smallest absolute Gasteiger partial charge is 0.237 e. The molecule has 1 N–H and O–H groups in total. The molecule has 0 spiro atoms. The molecule has 1 fully saturated rings. The van der Waals surface area contributed by atoms with Crippen molar-refractivity contribution in [1.29, 1.82) is 0 Å². The first-order chi connectivity index (χ1) is 15.6. The normalized spacial score (nSPS) is 18.3. The second-order valence-electron chi connectivity index (χ2n) is 7.77. The number of morpholine rings is 1. The summed E-state index contributed by atoms with van der Waals surface area (Å²) < 4.78 is 16.8. The number of nitrogens with zero attached hydrogens (tertiary/aromatic N) is 4. The van der Waals surface area contributed by atoms with Crippen LogP contribution in [0.4, 0.5) is 17.5 Å². The fourth-order valence-corrected chi connectivity index (χ4v) is 3.82. The maximum Gasteiger partial charge on any atom is 0.237 e. The topological polar surface area (TPSA) is 81.6 Å². The summed E-state index contributed by atoms with van der Waals surface area (Å²) in [7, 11) is 1.60. The monoisotopic (exact) mass is 435 g/mol. The highest BCUT2D eigenvalue weighted by Gasteiger charge is 2.24. The zero-order valence-corrected chi connectivity index (χ0v) is 18.9. The summed E-state index contributed by atoms with van der Waals surface area (Å²) in [5, 5.41) is 3.35. The van der Waals surface area contributed by atoms with Crippen molar-refractivity contribution in [3.63, 3.8) is 0 Å².